The molecule has 1 aromatic carbocycles. The molecule has 4 nitrogen and oxygen atoms in total. The molecular formula is C18H14Cl2N2O2. The van der Waals surface area contributed by atoms with E-state index in [2.05, 4.69) is 4.98 Å². The van der Waals surface area contributed by atoms with Crippen LogP contribution >= 0.6 is 23.2 Å². The average molecular weight is 361 g/mol. The van der Waals surface area contributed by atoms with Gasteiger partial charge in [0.05, 0.1) is 16.1 Å². The maximum Gasteiger partial charge on any atom is 0.316 e. The van der Waals surface area contributed by atoms with Crippen LogP contribution in [0.2, 0.25) is 10.0 Å². The van der Waals surface area contributed by atoms with E-state index in [0.717, 1.165) is 24.1 Å². The summed E-state index contributed by atoms with van der Waals surface area (Å²) in [6, 6.07) is 11.0. The summed E-state index contributed by atoms with van der Waals surface area (Å²) in [5, 5.41) is 1.29. The van der Waals surface area contributed by atoms with E-state index >= 15 is 0 Å². The van der Waals surface area contributed by atoms with Crippen molar-refractivity contribution in [1.82, 2.24) is 9.38 Å². The van der Waals surface area contributed by atoms with E-state index in [1.807, 2.05) is 28.8 Å². The van der Waals surface area contributed by atoms with Crippen molar-refractivity contribution in [2.75, 3.05) is 0 Å². The second kappa shape index (κ2) is 5.80. The van der Waals surface area contributed by atoms with Crippen molar-refractivity contribution in [1.29, 1.82) is 0 Å². The van der Waals surface area contributed by atoms with Crippen LogP contribution in [0, 0.1) is 0 Å². The Morgan fingerprint density at radius 1 is 1.08 bits per heavy atom. The van der Waals surface area contributed by atoms with Gasteiger partial charge in [-0.2, -0.15) is 0 Å². The van der Waals surface area contributed by atoms with Gasteiger partial charge in [0.25, 0.3) is 0 Å². The van der Waals surface area contributed by atoms with Gasteiger partial charge in [0, 0.05) is 17.4 Å². The van der Waals surface area contributed by atoms with Crippen molar-refractivity contribution in [2.45, 2.75) is 24.9 Å². The normalized spacial score (nSPS) is 15.4. The largest absolute Gasteiger partial charge is 0.458 e. The van der Waals surface area contributed by atoms with Gasteiger partial charge in [-0.25, -0.2) is 4.98 Å². The van der Waals surface area contributed by atoms with Crippen LogP contribution in [0.3, 0.4) is 0 Å². The topological polar surface area (TPSA) is 43.6 Å². The number of carbonyl (C=O) groups is 1. The number of rotatable bonds is 4. The van der Waals surface area contributed by atoms with Gasteiger partial charge in [-0.1, -0.05) is 35.3 Å². The molecular weight excluding hydrogens is 347 g/mol. The summed E-state index contributed by atoms with van der Waals surface area (Å²) in [4.78, 5) is 17.0. The van der Waals surface area contributed by atoms with E-state index in [-0.39, 0.29) is 12.6 Å². The minimum atomic E-state index is -0.521. The predicted octanol–water partition coefficient (Wildman–Crippen LogP) is 4.42. The van der Waals surface area contributed by atoms with Crippen LogP contribution in [-0.2, 0) is 21.6 Å². The fourth-order valence-corrected chi connectivity index (χ4v) is 3.16. The first kappa shape index (κ1) is 15.5. The molecule has 24 heavy (non-hydrogen) atoms. The highest BCUT2D eigenvalue weighted by Crippen LogP contribution is 2.49. The maximum atomic E-state index is 12.5. The Morgan fingerprint density at radius 2 is 1.79 bits per heavy atom. The number of hydrogen-bond acceptors (Lipinski definition) is 3. The van der Waals surface area contributed by atoms with Gasteiger partial charge in [-0.05, 0) is 42.7 Å². The van der Waals surface area contributed by atoms with E-state index in [0.29, 0.717) is 15.7 Å². The van der Waals surface area contributed by atoms with Crippen LogP contribution in [0.25, 0.3) is 5.65 Å². The number of halogens is 2. The van der Waals surface area contributed by atoms with E-state index in [1.165, 1.54) is 0 Å². The summed E-state index contributed by atoms with van der Waals surface area (Å²) in [6.07, 6.45) is 5.18. The number of ether oxygens (including phenoxy) is 1. The van der Waals surface area contributed by atoms with E-state index < -0.39 is 5.41 Å². The van der Waals surface area contributed by atoms with Gasteiger partial charge >= 0.3 is 5.97 Å². The third-order valence-corrected chi connectivity index (χ3v) is 4.83. The van der Waals surface area contributed by atoms with Gasteiger partial charge in [-0.3, -0.25) is 4.79 Å². The molecule has 2 aromatic heterocycles. The lowest BCUT2D eigenvalue weighted by molar-refractivity contribution is -0.148. The fourth-order valence-electron chi connectivity index (χ4n) is 2.87. The number of nitrogens with zero attached hydrogens (tertiary/aromatic N) is 2. The second-order valence-corrected chi connectivity index (χ2v) is 6.88. The molecule has 4 rings (SSSR count). The molecule has 3 aromatic rings. The number of hydrogen-bond donors (Lipinski definition) is 0. The molecule has 1 fully saturated rings. The zero-order valence-electron chi connectivity index (χ0n) is 12.7. The van der Waals surface area contributed by atoms with Crippen molar-refractivity contribution in [3.63, 3.8) is 0 Å². The summed E-state index contributed by atoms with van der Waals surface area (Å²) < 4.78 is 7.34. The lowest BCUT2D eigenvalue weighted by Gasteiger charge is -2.14. The number of esters is 1. The van der Waals surface area contributed by atoms with Crippen molar-refractivity contribution in [3.05, 3.63) is 70.1 Å². The summed E-state index contributed by atoms with van der Waals surface area (Å²) in [6.45, 7) is 0.146. The molecule has 0 bridgehead atoms. The summed E-state index contributed by atoms with van der Waals surface area (Å²) >= 11 is 11.9. The highest BCUT2D eigenvalue weighted by molar-refractivity contribution is 6.30. The molecule has 0 unspecified atom stereocenters. The third-order valence-electron chi connectivity index (χ3n) is 4.35. The fraction of sp³-hybridized carbons (Fsp3) is 0.222. The van der Waals surface area contributed by atoms with Crippen molar-refractivity contribution >= 4 is 34.8 Å². The summed E-state index contributed by atoms with van der Waals surface area (Å²) in [5.41, 5.74) is 1.90. The van der Waals surface area contributed by atoms with E-state index in [4.69, 9.17) is 27.9 Å². The van der Waals surface area contributed by atoms with Gasteiger partial charge in [0.1, 0.15) is 12.3 Å². The molecule has 0 aliphatic heterocycles. The molecule has 0 atom stereocenters. The third kappa shape index (κ3) is 2.76. The quantitative estimate of drug-likeness (QED) is 0.647. The van der Waals surface area contributed by atoms with Crippen molar-refractivity contribution in [3.8, 4) is 0 Å². The number of fused-ring (bicyclic) bond motifs is 1. The monoisotopic (exact) mass is 360 g/mol. The molecule has 122 valence electrons. The lowest BCUT2D eigenvalue weighted by Crippen LogP contribution is -2.23. The predicted molar refractivity (Wildman–Crippen MR) is 92.4 cm³/mol. The number of imidazole rings is 1. The number of pyridine rings is 1. The van der Waals surface area contributed by atoms with Crippen molar-refractivity contribution in [2.24, 2.45) is 0 Å². The van der Waals surface area contributed by atoms with Crippen LogP contribution in [0.15, 0.2) is 48.8 Å². The molecule has 0 N–H and O–H groups in total. The first-order valence-electron chi connectivity index (χ1n) is 7.63. The van der Waals surface area contributed by atoms with E-state index in [9.17, 15) is 4.79 Å². The van der Waals surface area contributed by atoms with Crippen molar-refractivity contribution < 1.29 is 9.53 Å². The Balaban J connectivity index is 1.48. The molecule has 0 saturated heterocycles. The smallest absolute Gasteiger partial charge is 0.316 e. The Kier molecular flexibility index (Phi) is 3.74. The minimum absolute atomic E-state index is 0.146. The first-order chi connectivity index (χ1) is 11.6. The van der Waals surface area contributed by atoms with E-state index in [1.54, 1.807) is 24.4 Å². The zero-order valence-corrected chi connectivity index (χ0v) is 14.2. The first-order valence-corrected chi connectivity index (χ1v) is 8.39. The highest BCUT2D eigenvalue weighted by atomic mass is 35.5. The summed E-state index contributed by atoms with van der Waals surface area (Å²) in [7, 11) is 0. The number of benzene rings is 1. The Bertz CT molecular complexity index is 914. The van der Waals surface area contributed by atoms with Crippen LogP contribution < -0.4 is 0 Å². The van der Waals surface area contributed by atoms with Gasteiger partial charge in [0.2, 0.25) is 0 Å². The zero-order chi connectivity index (χ0) is 16.7. The summed E-state index contributed by atoms with van der Waals surface area (Å²) in [5.74, 6) is -0.208. The molecule has 6 heteroatoms. The lowest BCUT2D eigenvalue weighted by atomic mass is 9.96. The van der Waals surface area contributed by atoms with Gasteiger partial charge < -0.3 is 9.14 Å². The highest BCUT2D eigenvalue weighted by Gasteiger charge is 2.52. The number of carbonyl (C=O) groups excluding carboxylic acids is 1. The molecule has 0 amide bonds. The molecule has 1 aliphatic rings. The molecule has 0 spiro atoms. The van der Waals surface area contributed by atoms with Crippen LogP contribution in [0.1, 0.15) is 24.1 Å². The molecule has 2 heterocycles. The maximum absolute atomic E-state index is 12.5. The Hall–Kier alpha value is -2.04. The van der Waals surface area contributed by atoms with Gasteiger partial charge in [0.15, 0.2) is 0 Å². The Morgan fingerprint density at radius 3 is 2.50 bits per heavy atom. The minimum Gasteiger partial charge on any atom is -0.458 e. The number of aromatic nitrogens is 2. The van der Waals surface area contributed by atoms with Crippen LogP contribution in [0.5, 0.6) is 0 Å². The van der Waals surface area contributed by atoms with Gasteiger partial charge in [-0.15, -0.1) is 0 Å². The molecule has 0 radical (unpaired) electrons. The standard InChI is InChI=1S/C18H14Cl2N2O2/c19-13-3-1-12(2-4-13)18(7-8-18)17(23)24-11-15-10-22-9-14(20)5-6-16(22)21-15/h1-6,9-10H,7-8,11H2. The average Bonchev–Trinajstić information content (AvgIpc) is 3.28. The second-order valence-electron chi connectivity index (χ2n) is 6.01. The Labute approximate surface area is 149 Å². The molecule has 1 aliphatic carbocycles. The van der Waals surface area contributed by atoms with Crippen LogP contribution in [-0.4, -0.2) is 15.4 Å². The van der Waals surface area contributed by atoms with Crippen LogP contribution in [0.4, 0.5) is 0 Å². The SMILES string of the molecule is O=C(OCc1cn2cc(Cl)ccc2n1)C1(c2ccc(Cl)cc2)CC1. The molecule has 1 saturated carbocycles.